The van der Waals surface area contributed by atoms with Gasteiger partial charge in [-0.05, 0) is 26.1 Å². The van der Waals surface area contributed by atoms with Crippen molar-refractivity contribution in [1.82, 2.24) is 5.32 Å². The van der Waals surface area contributed by atoms with E-state index in [1.54, 1.807) is 12.1 Å². The lowest BCUT2D eigenvalue weighted by Gasteiger charge is -2.08. The van der Waals surface area contributed by atoms with Gasteiger partial charge in [0.25, 0.3) is 0 Å². The maximum atomic E-state index is 13.3. The number of nitrogens with one attached hydrogen (secondary N) is 2. The third-order valence-electron chi connectivity index (χ3n) is 1.70. The summed E-state index contributed by atoms with van der Waals surface area (Å²) >= 11 is 0. The Balaban J connectivity index is 2.68. The molecule has 0 aliphatic rings. The molecular weight excluding hydrogens is 183 g/mol. The fourth-order valence-corrected chi connectivity index (χ4v) is 1.07. The standard InChI is InChI=1S/C10H15FN2O/c1-3-14-10-5-4-8(6-9(10)11)13-7-12-2/h4-6,12-13H,3,7H2,1-2H3. The first-order valence-corrected chi connectivity index (χ1v) is 4.58. The lowest BCUT2D eigenvalue weighted by atomic mass is 10.3. The van der Waals surface area contributed by atoms with Crippen molar-refractivity contribution >= 4 is 5.69 Å². The van der Waals surface area contributed by atoms with Crippen LogP contribution in [0.25, 0.3) is 0 Å². The van der Waals surface area contributed by atoms with Gasteiger partial charge in [0.05, 0.1) is 13.3 Å². The second kappa shape index (κ2) is 5.44. The van der Waals surface area contributed by atoms with Crippen molar-refractivity contribution in [3.8, 4) is 5.75 Å². The maximum Gasteiger partial charge on any atom is 0.167 e. The molecular formula is C10H15FN2O. The lowest BCUT2D eigenvalue weighted by molar-refractivity contribution is 0.321. The molecule has 0 saturated carbocycles. The van der Waals surface area contributed by atoms with Gasteiger partial charge in [-0.2, -0.15) is 0 Å². The highest BCUT2D eigenvalue weighted by Crippen LogP contribution is 2.20. The molecule has 2 N–H and O–H groups in total. The summed E-state index contributed by atoms with van der Waals surface area (Å²) in [5.41, 5.74) is 0.736. The zero-order valence-electron chi connectivity index (χ0n) is 8.43. The van der Waals surface area contributed by atoms with Crippen molar-refractivity contribution in [2.75, 3.05) is 25.6 Å². The highest BCUT2D eigenvalue weighted by atomic mass is 19.1. The van der Waals surface area contributed by atoms with Crippen molar-refractivity contribution < 1.29 is 9.13 Å². The van der Waals surface area contributed by atoms with E-state index in [1.165, 1.54) is 6.07 Å². The highest BCUT2D eigenvalue weighted by molar-refractivity contribution is 5.47. The smallest absolute Gasteiger partial charge is 0.167 e. The molecule has 0 unspecified atom stereocenters. The summed E-state index contributed by atoms with van der Waals surface area (Å²) in [6.45, 7) is 2.90. The van der Waals surface area contributed by atoms with Crippen molar-refractivity contribution in [1.29, 1.82) is 0 Å². The molecule has 0 fully saturated rings. The van der Waals surface area contributed by atoms with Crippen LogP contribution >= 0.6 is 0 Å². The molecule has 1 rings (SSSR count). The molecule has 0 heterocycles. The van der Waals surface area contributed by atoms with E-state index in [0.717, 1.165) is 5.69 Å². The number of benzene rings is 1. The first kappa shape index (κ1) is 10.8. The molecule has 1 aromatic carbocycles. The molecule has 0 amide bonds. The number of hydrogen-bond acceptors (Lipinski definition) is 3. The fourth-order valence-electron chi connectivity index (χ4n) is 1.07. The minimum atomic E-state index is -0.340. The van der Waals surface area contributed by atoms with Gasteiger partial charge in [0.15, 0.2) is 11.6 Å². The molecule has 0 aliphatic heterocycles. The summed E-state index contributed by atoms with van der Waals surface area (Å²) in [6, 6.07) is 4.82. The zero-order valence-corrected chi connectivity index (χ0v) is 8.43. The zero-order chi connectivity index (χ0) is 10.4. The number of hydrogen-bond donors (Lipinski definition) is 2. The molecule has 1 aromatic rings. The predicted molar refractivity (Wildman–Crippen MR) is 55.1 cm³/mol. The second-order valence-electron chi connectivity index (χ2n) is 2.79. The summed E-state index contributed by atoms with van der Waals surface area (Å²) in [5.74, 6) is -0.0459. The predicted octanol–water partition coefficient (Wildman–Crippen LogP) is 1.81. The van der Waals surface area contributed by atoms with E-state index in [4.69, 9.17) is 4.74 Å². The van der Waals surface area contributed by atoms with Crippen LogP contribution in [0.1, 0.15) is 6.92 Å². The van der Waals surface area contributed by atoms with E-state index < -0.39 is 0 Å². The summed E-state index contributed by atoms with van der Waals surface area (Å²) in [7, 11) is 1.82. The normalized spacial score (nSPS) is 9.93. The Morgan fingerprint density at radius 3 is 2.79 bits per heavy atom. The minimum absolute atomic E-state index is 0.294. The molecule has 14 heavy (non-hydrogen) atoms. The van der Waals surface area contributed by atoms with Gasteiger partial charge in [0.1, 0.15) is 0 Å². The van der Waals surface area contributed by atoms with E-state index in [9.17, 15) is 4.39 Å². The van der Waals surface area contributed by atoms with E-state index in [-0.39, 0.29) is 5.82 Å². The third-order valence-corrected chi connectivity index (χ3v) is 1.70. The molecule has 0 saturated heterocycles. The summed E-state index contributed by atoms with van der Waals surface area (Å²) in [4.78, 5) is 0. The van der Waals surface area contributed by atoms with Crippen LogP contribution in [0, 0.1) is 5.82 Å². The topological polar surface area (TPSA) is 33.3 Å². The number of rotatable bonds is 5. The Bertz CT molecular complexity index is 291. The summed E-state index contributed by atoms with van der Waals surface area (Å²) in [6.07, 6.45) is 0. The van der Waals surface area contributed by atoms with Crippen molar-refractivity contribution in [2.45, 2.75) is 6.92 Å². The van der Waals surface area contributed by atoms with E-state index in [0.29, 0.717) is 19.0 Å². The molecule has 0 bridgehead atoms. The molecule has 78 valence electrons. The Labute approximate surface area is 83.3 Å². The van der Waals surface area contributed by atoms with Gasteiger partial charge in [-0.1, -0.05) is 0 Å². The molecule has 0 atom stereocenters. The van der Waals surface area contributed by atoms with Crippen LogP contribution in [0.2, 0.25) is 0 Å². The van der Waals surface area contributed by atoms with Crippen molar-refractivity contribution in [2.24, 2.45) is 0 Å². The summed E-state index contributed by atoms with van der Waals surface area (Å²) in [5, 5.41) is 5.91. The van der Waals surface area contributed by atoms with E-state index >= 15 is 0 Å². The molecule has 3 nitrogen and oxygen atoms in total. The Kier molecular flexibility index (Phi) is 4.19. The van der Waals surface area contributed by atoms with Crippen LogP contribution in [-0.2, 0) is 0 Å². The average Bonchev–Trinajstić information content (AvgIpc) is 2.19. The van der Waals surface area contributed by atoms with Crippen molar-refractivity contribution in [3.05, 3.63) is 24.0 Å². The van der Waals surface area contributed by atoms with Gasteiger partial charge in [0, 0.05) is 11.8 Å². The van der Waals surface area contributed by atoms with Gasteiger partial charge in [0.2, 0.25) is 0 Å². The second-order valence-corrected chi connectivity index (χ2v) is 2.79. The van der Waals surface area contributed by atoms with Gasteiger partial charge in [-0.3, -0.25) is 0 Å². The van der Waals surface area contributed by atoms with E-state index in [2.05, 4.69) is 10.6 Å². The first-order chi connectivity index (χ1) is 6.77. The number of anilines is 1. The Morgan fingerprint density at radius 2 is 2.21 bits per heavy atom. The molecule has 0 radical (unpaired) electrons. The molecule has 4 heteroatoms. The van der Waals surface area contributed by atoms with Crippen LogP contribution in [0.5, 0.6) is 5.75 Å². The van der Waals surface area contributed by atoms with Crippen LogP contribution in [0.4, 0.5) is 10.1 Å². The first-order valence-electron chi connectivity index (χ1n) is 4.58. The van der Waals surface area contributed by atoms with Crippen LogP contribution in [0.15, 0.2) is 18.2 Å². The average molecular weight is 198 g/mol. The number of halogens is 1. The minimum Gasteiger partial charge on any atom is -0.491 e. The highest BCUT2D eigenvalue weighted by Gasteiger charge is 2.02. The molecule has 0 aromatic heterocycles. The largest absolute Gasteiger partial charge is 0.491 e. The van der Waals surface area contributed by atoms with Crippen LogP contribution in [-0.4, -0.2) is 20.3 Å². The molecule has 0 spiro atoms. The number of ether oxygens (including phenoxy) is 1. The third kappa shape index (κ3) is 2.88. The fraction of sp³-hybridized carbons (Fsp3) is 0.400. The Hall–Kier alpha value is -1.29. The monoisotopic (exact) mass is 198 g/mol. The lowest BCUT2D eigenvalue weighted by Crippen LogP contribution is -2.16. The van der Waals surface area contributed by atoms with Crippen LogP contribution in [0.3, 0.4) is 0 Å². The summed E-state index contributed by atoms with van der Waals surface area (Å²) < 4.78 is 18.4. The van der Waals surface area contributed by atoms with Gasteiger partial charge < -0.3 is 15.4 Å². The van der Waals surface area contributed by atoms with Crippen molar-refractivity contribution in [3.63, 3.8) is 0 Å². The molecule has 0 aliphatic carbocycles. The van der Waals surface area contributed by atoms with Gasteiger partial charge in [-0.15, -0.1) is 0 Å². The SMILES string of the molecule is CCOc1ccc(NCNC)cc1F. The maximum absolute atomic E-state index is 13.3. The van der Waals surface area contributed by atoms with Gasteiger partial charge in [-0.25, -0.2) is 4.39 Å². The quantitative estimate of drug-likeness (QED) is 0.708. The van der Waals surface area contributed by atoms with E-state index in [1.807, 2.05) is 14.0 Å². The van der Waals surface area contributed by atoms with Crippen LogP contribution < -0.4 is 15.4 Å². The Morgan fingerprint density at radius 1 is 1.43 bits per heavy atom. The van der Waals surface area contributed by atoms with Gasteiger partial charge >= 0.3 is 0 Å².